The third-order valence-electron chi connectivity index (χ3n) is 3.80. The highest BCUT2D eigenvalue weighted by Crippen LogP contribution is 2.23. The Balaban J connectivity index is 1.99. The second-order valence-corrected chi connectivity index (χ2v) is 5.47. The molecule has 0 bridgehead atoms. The number of nitrogens with zero attached hydrogens (tertiary/aromatic N) is 1. The van der Waals surface area contributed by atoms with Gasteiger partial charge >= 0.3 is 5.97 Å². The summed E-state index contributed by atoms with van der Waals surface area (Å²) in [6, 6.07) is 0.640. The van der Waals surface area contributed by atoms with Crippen molar-refractivity contribution in [3.05, 3.63) is 0 Å². The summed E-state index contributed by atoms with van der Waals surface area (Å²) in [4.78, 5) is 13.0. The van der Waals surface area contributed by atoms with Gasteiger partial charge in [-0.3, -0.25) is 9.69 Å². The van der Waals surface area contributed by atoms with Gasteiger partial charge in [0.05, 0.1) is 6.42 Å². The fraction of sp³-hybridized carbons (Fsp3) is 0.929. The van der Waals surface area contributed by atoms with Crippen molar-refractivity contribution in [2.75, 3.05) is 13.1 Å². The first kappa shape index (κ1) is 14.5. The van der Waals surface area contributed by atoms with Crippen LogP contribution >= 0.6 is 0 Å². The van der Waals surface area contributed by atoms with E-state index >= 15 is 0 Å². The number of likely N-dealkylation sites (tertiary alicyclic amines) is 1. The van der Waals surface area contributed by atoms with Gasteiger partial charge in [-0.25, -0.2) is 0 Å². The van der Waals surface area contributed by atoms with Gasteiger partial charge in [0.15, 0.2) is 0 Å². The molecule has 17 heavy (non-hydrogen) atoms. The van der Waals surface area contributed by atoms with Gasteiger partial charge in [-0.05, 0) is 19.3 Å². The molecule has 3 nitrogen and oxygen atoms in total. The number of carboxylic acid groups (broad SMARTS) is 1. The van der Waals surface area contributed by atoms with Crippen molar-refractivity contribution in [1.29, 1.82) is 0 Å². The van der Waals surface area contributed by atoms with Crippen LogP contribution in [0.15, 0.2) is 0 Å². The second kappa shape index (κ2) is 7.70. The van der Waals surface area contributed by atoms with Gasteiger partial charge in [-0.15, -0.1) is 0 Å². The van der Waals surface area contributed by atoms with Crippen LogP contribution in [-0.4, -0.2) is 35.1 Å². The number of hydrogen-bond donors (Lipinski definition) is 1. The fourth-order valence-electron chi connectivity index (χ4n) is 2.57. The summed E-state index contributed by atoms with van der Waals surface area (Å²) in [5.41, 5.74) is 0. The maximum absolute atomic E-state index is 10.5. The lowest BCUT2D eigenvalue weighted by Gasteiger charge is -2.42. The Morgan fingerprint density at radius 3 is 2.53 bits per heavy atom. The van der Waals surface area contributed by atoms with Crippen LogP contribution in [0, 0.1) is 5.92 Å². The summed E-state index contributed by atoms with van der Waals surface area (Å²) < 4.78 is 0. The van der Waals surface area contributed by atoms with E-state index in [0.717, 1.165) is 13.1 Å². The number of carbonyl (C=O) groups is 1. The minimum Gasteiger partial charge on any atom is -0.481 e. The lowest BCUT2D eigenvalue weighted by molar-refractivity contribution is -0.139. The predicted octanol–water partition coefficient (Wildman–Crippen LogP) is 3.14. The number of rotatable bonds is 9. The van der Waals surface area contributed by atoms with Crippen LogP contribution in [0.2, 0.25) is 0 Å². The lowest BCUT2D eigenvalue weighted by atomic mass is 9.93. The maximum atomic E-state index is 10.5. The standard InChI is InChI=1S/C14H27NO2/c1-3-4-5-6-7-8-12(2)15-10-13(11-15)9-14(16)17/h12-13H,3-11H2,1-2H3,(H,16,17). The largest absolute Gasteiger partial charge is 0.481 e. The Hall–Kier alpha value is -0.570. The average molecular weight is 241 g/mol. The second-order valence-electron chi connectivity index (χ2n) is 5.47. The molecular formula is C14H27NO2. The SMILES string of the molecule is CCCCCCCC(C)N1CC(CC(=O)O)C1. The Morgan fingerprint density at radius 1 is 1.29 bits per heavy atom. The van der Waals surface area contributed by atoms with Crippen molar-refractivity contribution >= 4 is 5.97 Å². The molecular weight excluding hydrogens is 214 g/mol. The third kappa shape index (κ3) is 5.53. The molecule has 1 heterocycles. The van der Waals surface area contributed by atoms with Crippen LogP contribution in [-0.2, 0) is 4.79 Å². The summed E-state index contributed by atoms with van der Waals surface area (Å²) in [6.45, 7) is 6.49. The summed E-state index contributed by atoms with van der Waals surface area (Å²) in [6.07, 6.45) is 8.32. The van der Waals surface area contributed by atoms with Crippen molar-refractivity contribution < 1.29 is 9.90 Å². The molecule has 3 heteroatoms. The van der Waals surface area contributed by atoms with Crippen LogP contribution < -0.4 is 0 Å². The van der Waals surface area contributed by atoms with Crippen molar-refractivity contribution in [2.24, 2.45) is 5.92 Å². The molecule has 100 valence electrons. The minimum absolute atomic E-state index is 0.347. The maximum Gasteiger partial charge on any atom is 0.303 e. The Bertz CT molecular complexity index is 224. The fourth-order valence-corrected chi connectivity index (χ4v) is 2.57. The molecule has 0 aromatic heterocycles. The van der Waals surface area contributed by atoms with Crippen LogP contribution in [0.25, 0.3) is 0 Å². The van der Waals surface area contributed by atoms with Gasteiger partial charge in [-0.2, -0.15) is 0 Å². The highest BCUT2D eigenvalue weighted by Gasteiger charge is 2.31. The molecule has 1 aliphatic heterocycles. The highest BCUT2D eigenvalue weighted by atomic mass is 16.4. The van der Waals surface area contributed by atoms with Gasteiger partial charge in [0, 0.05) is 19.1 Å². The van der Waals surface area contributed by atoms with E-state index in [1.54, 1.807) is 0 Å². The summed E-state index contributed by atoms with van der Waals surface area (Å²) in [7, 11) is 0. The molecule has 0 aromatic carbocycles. The Labute approximate surface area is 105 Å². The summed E-state index contributed by atoms with van der Waals surface area (Å²) in [5, 5.41) is 8.68. The molecule has 1 saturated heterocycles. The number of hydrogen-bond acceptors (Lipinski definition) is 2. The molecule has 1 fully saturated rings. The van der Waals surface area contributed by atoms with Crippen LogP contribution in [0.4, 0.5) is 0 Å². The predicted molar refractivity (Wildman–Crippen MR) is 70.2 cm³/mol. The third-order valence-corrected chi connectivity index (χ3v) is 3.80. The van der Waals surface area contributed by atoms with Gasteiger partial charge < -0.3 is 5.11 Å². The molecule has 0 radical (unpaired) electrons. The monoisotopic (exact) mass is 241 g/mol. The molecule has 0 aromatic rings. The van der Waals surface area contributed by atoms with E-state index in [9.17, 15) is 4.79 Å². The topological polar surface area (TPSA) is 40.5 Å². The Morgan fingerprint density at radius 2 is 1.94 bits per heavy atom. The molecule has 1 rings (SSSR count). The van der Waals surface area contributed by atoms with Gasteiger partial charge in [0.2, 0.25) is 0 Å². The van der Waals surface area contributed by atoms with Crippen molar-refractivity contribution in [3.8, 4) is 0 Å². The highest BCUT2D eigenvalue weighted by molar-refractivity contribution is 5.67. The molecule has 0 spiro atoms. The van der Waals surface area contributed by atoms with Crippen LogP contribution in [0.5, 0.6) is 0 Å². The molecule has 1 atom stereocenters. The zero-order chi connectivity index (χ0) is 12.7. The average Bonchev–Trinajstić information content (AvgIpc) is 2.22. The first-order valence-corrected chi connectivity index (χ1v) is 7.09. The van der Waals surface area contributed by atoms with Gasteiger partial charge in [0.25, 0.3) is 0 Å². The van der Waals surface area contributed by atoms with E-state index in [2.05, 4.69) is 18.7 Å². The first-order chi connectivity index (χ1) is 8.13. The van der Waals surface area contributed by atoms with E-state index in [1.165, 1.54) is 38.5 Å². The smallest absolute Gasteiger partial charge is 0.303 e. The normalized spacial score (nSPS) is 18.9. The van der Waals surface area contributed by atoms with E-state index in [1.807, 2.05) is 0 Å². The minimum atomic E-state index is -0.651. The zero-order valence-corrected chi connectivity index (χ0v) is 11.3. The van der Waals surface area contributed by atoms with Crippen molar-refractivity contribution in [3.63, 3.8) is 0 Å². The molecule has 1 unspecified atom stereocenters. The van der Waals surface area contributed by atoms with E-state index in [-0.39, 0.29) is 0 Å². The number of carboxylic acids is 1. The van der Waals surface area contributed by atoms with E-state index in [0.29, 0.717) is 18.4 Å². The first-order valence-electron chi connectivity index (χ1n) is 7.09. The van der Waals surface area contributed by atoms with Crippen molar-refractivity contribution in [1.82, 2.24) is 4.90 Å². The van der Waals surface area contributed by atoms with E-state index < -0.39 is 5.97 Å². The quantitative estimate of drug-likeness (QED) is 0.630. The van der Waals surface area contributed by atoms with Crippen molar-refractivity contribution in [2.45, 2.75) is 64.8 Å². The summed E-state index contributed by atoms with van der Waals surface area (Å²) >= 11 is 0. The number of unbranched alkanes of at least 4 members (excludes halogenated alkanes) is 4. The molecule has 1 N–H and O–H groups in total. The zero-order valence-electron chi connectivity index (χ0n) is 11.3. The number of aliphatic carboxylic acids is 1. The van der Waals surface area contributed by atoms with Crippen LogP contribution in [0.3, 0.4) is 0 Å². The Kier molecular flexibility index (Phi) is 6.56. The molecule has 0 aliphatic carbocycles. The molecule has 0 saturated carbocycles. The van der Waals surface area contributed by atoms with Gasteiger partial charge in [-0.1, -0.05) is 39.0 Å². The lowest BCUT2D eigenvalue weighted by Crippen LogP contribution is -2.51. The van der Waals surface area contributed by atoms with Gasteiger partial charge in [0.1, 0.15) is 0 Å². The van der Waals surface area contributed by atoms with E-state index in [4.69, 9.17) is 5.11 Å². The molecule has 1 aliphatic rings. The summed E-state index contributed by atoms with van der Waals surface area (Å²) in [5.74, 6) is -0.253. The van der Waals surface area contributed by atoms with Crippen LogP contribution in [0.1, 0.15) is 58.8 Å². The molecule has 0 amide bonds.